The number of carbonyl (C=O) groups excluding carboxylic acids is 3. The predicted octanol–water partition coefficient (Wildman–Crippen LogP) is 17.6. The summed E-state index contributed by atoms with van der Waals surface area (Å²) < 4.78 is 16.7. The van der Waals surface area contributed by atoms with Crippen LogP contribution in [0.5, 0.6) is 0 Å². The number of hydrogen-bond acceptors (Lipinski definition) is 6. The molecule has 376 valence electrons. The zero-order valence-corrected chi connectivity index (χ0v) is 42.8. The fourth-order valence-electron chi connectivity index (χ4n) is 6.38. The van der Waals surface area contributed by atoms with Crippen LogP contribution in [0.1, 0.15) is 181 Å². The highest BCUT2D eigenvalue weighted by atomic mass is 16.6. The van der Waals surface area contributed by atoms with Gasteiger partial charge in [0.05, 0.1) is 0 Å². The van der Waals surface area contributed by atoms with Gasteiger partial charge in [-0.3, -0.25) is 14.4 Å². The molecule has 0 N–H and O–H groups in total. The van der Waals surface area contributed by atoms with E-state index in [2.05, 4.69) is 106 Å². The van der Waals surface area contributed by atoms with Gasteiger partial charge in [-0.05, 0) is 83.5 Å². The smallest absolute Gasteiger partial charge is 0.306 e. The van der Waals surface area contributed by atoms with E-state index in [1.54, 1.807) is 0 Å². The lowest BCUT2D eigenvalue weighted by molar-refractivity contribution is -0.167. The summed E-state index contributed by atoms with van der Waals surface area (Å²) in [7, 11) is 0. The molecule has 0 aliphatic rings. The lowest BCUT2D eigenvalue weighted by Gasteiger charge is -2.18. The van der Waals surface area contributed by atoms with E-state index in [9.17, 15) is 14.4 Å². The van der Waals surface area contributed by atoms with Crippen LogP contribution in [-0.4, -0.2) is 37.2 Å². The van der Waals surface area contributed by atoms with Crippen molar-refractivity contribution in [3.63, 3.8) is 0 Å². The molecule has 0 aliphatic heterocycles. The molecule has 6 nitrogen and oxygen atoms in total. The summed E-state index contributed by atoms with van der Waals surface area (Å²) in [6.45, 7) is 6.21. The Balaban J connectivity index is 4.62. The first kappa shape index (κ1) is 62.8. The van der Waals surface area contributed by atoms with Crippen molar-refractivity contribution in [2.75, 3.05) is 13.2 Å². The molecular weight excluding hydrogens is 841 g/mol. The Bertz CT molecular complexity index is 1640. The molecule has 0 spiro atoms. The van der Waals surface area contributed by atoms with E-state index in [-0.39, 0.29) is 37.5 Å². The normalized spacial score (nSPS) is 13.5. The molecule has 0 amide bonds. The van der Waals surface area contributed by atoms with Gasteiger partial charge in [0.2, 0.25) is 0 Å². The van der Waals surface area contributed by atoms with Gasteiger partial charge in [0, 0.05) is 19.3 Å². The molecule has 0 rings (SSSR count). The van der Waals surface area contributed by atoms with E-state index in [0.29, 0.717) is 19.3 Å². The van der Waals surface area contributed by atoms with Gasteiger partial charge >= 0.3 is 17.9 Å². The molecule has 0 aromatic heterocycles. The third-order valence-corrected chi connectivity index (χ3v) is 10.3. The van der Waals surface area contributed by atoms with Crippen molar-refractivity contribution < 1.29 is 28.6 Å². The predicted molar refractivity (Wildman–Crippen MR) is 292 cm³/mol. The second-order valence-corrected chi connectivity index (χ2v) is 16.7. The van der Waals surface area contributed by atoms with Gasteiger partial charge in [0.15, 0.2) is 6.10 Å². The molecule has 0 fully saturated rings. The van der Waals surface area contributed by atoms with Gasteiger partial charge in [0.25, 0.3) is 0 Å². The van der Waals surface area contributed by atoms with Crippen molar-refractivity contribution >= 4 is 17.9 Å². The SMILES string of the molecule is CC\C=C/C=C\C=C/C=C\C=C\C=C/CCCCCC(=O)OC(COC(=O)CCCCCCC\C=C/C=C\C=C/C=C\CC)COC(=O)CCCCCCC\C=C/C=C\C=C/C=C\CCCCC. The number of ether oxygens (including phenoxy) is 3. The highest BCUT2D eigenvalue weighted by molar-refractivity contribution is 5.71. The Morgan fingerprint density at radius 2 is 0.574 bits per heavy atom. The van der Waals surface area contributed by atoms with E-state index in [1.807, 2.05) is 85.1 Å². The molecule has 6 heteroatoms. The third kappa shape index (κ3) is 51.7. The Labute approximate surface area is 415 Å². The van der Waals surface area contributed by atoms with Crippen molar-refractivity contribution in [2.45, 2.75) is 187 Å². The van der Waals surface area contributed by atoms with E-state index in [0.717, 1.165) is 116 Å². The van der Waals surface area contributed by atoms with Crippen LogP contribution in [0.4, 0.5) is 0 Å². The first-order valence-electron chi connectivity index (χ1n) is 26.3. The first-order chi connectivity index (χ1) is 33.5. The maximum absolute atomic E-state index is 12.8. The average molecular weight is 933 g/mol. The second-order valence-electron chi connectivity index (χ2n) is 16.7. The van der Waals surface area contributed by atoms with Crippen molar-refractivity contribution in [3.05, 3.63) is 170 Å². The quantitative estimate of drug-likeness (QED) is 0.0262. The van der Waals surface area contributed by atoms with Gasteiger partial charge in [-0.1, -0.05) is 249 Å². The Morgan fingerprint density at radius 1 is 0.309 bits per heavy atom. The monoisotopic (exact) mass is 933 g/mol. The molecular formula is C62H92O6. The van der Waals surface area contributed by atoms with E-state index < -0.39 is 6.10 Å². The third-order valence-electron chi connectivity index (χ3n) is 10.3. The Morgan fingerprint density at radius 3 is 0.912 bits per heavy atom. The van der Waals surface area contributed by atoms with Crippen molar-refractivity contribution in [2.24, 2.45) is 0 Å². The van der Waals surface area contributed by atoms with Gasteiger partial charge in [0.1, 0.15) is 13.2 Å². The number of hydrogen-bond donors (Lipinski definition) is 0. The molecule has 0 aliphatic carbocycles. The Hall–Kier alpha value is -5.23. The Kier molecular flexibility index (Phi) is 50.2. The maximum atomic E-state index is 12.8. The highest BCUT2D eigenvalue weighted by Crippen LogP contribution is 2.12. The molecule has 0 aromatic rings. The maximum Gasteiger partial charge on any atom is 0.306 e. The summed E-state index contributed by atoms with van der Waals surface area (Å²) in [6, 6.07) is 0. The molecule has 1 atom stereocenters. The molecule has 0 aromatic carbocycles. The standard InChI is InChI=1S/C62H92O6/c1-4-7-10-13-16-19-22-25-28-30-32-34-37-40-43-46-49-52-55-61(64)67-58-59(57-66-60(63)54-51-48-45-42-39-36-33-27-24-21-18-15-12-9-6-3)68-62(65)56-53-50-47-44-41-38-35-31-29-26-23-20-17-14-11-8-5-2/h8-9,11-12,14-35,38,41,59H,4-7,10,13,36-37,39-40,42-58H2,1-3H3/b11-8-,12-9-,17-14-,18-15-,19-16-,23-20-,24-21-,25-22-,29-26-,30-28-,33-27-,34-32-,35-31+,41-38-. The topological polar surface area (TPSA) is 78.9 Å². The molecule has 68 heavy (non-hydrogen) atoms. The minimum Gasteiger partial charge on any atom is -0.462 e. The summed E-state index contributed by atoms with van der Waals surface area (Å²) >= 11 is 0. The van der Waals surface area contributed by atoms with Crippen LogP contribution in [-0.2, 0) is 28.6 Å². The summed E-state index contributed by atoms with van der Waals surface area (Å²) in [5.74, 6) is -1.03. The molecule has 0 radical (unpaired) electrons. The number of esters is 3. The van der Waals surface area contributed by atoms with Gasteiger partial charge in [-0.25, -0.2) is 0 Å². The van der Waals surface area contributed by atoms with E-state index >= 15 is 0 Å². The molecule has 0 saturated carbocycles. The van der Waals surface area contributed by atoms with Crippen LogP contribution < -0.4 is 0 Å². The highest BCUT2D eigenvalue weighted by Gasteiger charge is 2.19. The fourth-order valence-corrected chi connectivity index (χ4v) is 6.38. The van der Waals surface area contributed by atoms with Crippen LogP contribution in [0.2, 0.25) is 0 Å². The molecule has 0 heterocycles. The van der Waals surface area contributed by atoms with Gasteiger partial charge in [-0.15, -0.1) is 0 Å². The number of allylic oxidation sites excluding steroid dienone is 28. The van der Waals surface area contributed by atoms with Crippen LogP contribution >= 0.6 is 0 Å². The summed E-state index contributed by atoms with van der Waals surface area (Å²) in [5, 5.41) is 0. The van der Waals surface area contributed by atoms with Crippen LogP contribution in [0.25, 0.3) is 0 Å². The van der Waals surface area contributed by atoms with E-state index in [4.69, 9.17) is 14.2 Å². The van der Waals surface area contributed by atoms with Crippen molar-refractivity contribution in [3.8, 4) is 0 Å². The summed E-state index contributed by atoms with van der Waals surface area (Å²) in [4.78, 5) is 38.1. The minimum atomic E-state index is -0.832. The molecule has 0 bridgehead atoms. The zero-order valence-electron chi connectivity index (χ0n) is 42.8. The summed E-state index contributed by atoms with van der Waals surface area (Å²) in [6.07, 6.45) is 80.3. The van der Waals surface area contributed by atoms with Crippen molar-refractivity contribution in [1.29, 1.82) is 0 Å². The number of carbonyl (C=O) groups is 3. The van der Waals surface area contributed by atoms with Gasteiger partial charge in [-0.2, -0.15) is 0 Å². The van der Waals surface area contributed by atoms with E-state index in [1.165, 1.54) is 19.3 Å². The number of unbranched alkanes of at least 4 members (excludes halogenated alkanes) is 16. The fraction of sp³-hybridized carbons (Fsp3) is 0.500. The largest absolute Gasteiger partial charge is 0.462 e. The van der Waals surface area contributed by atoms with Crippen LogP contribution in [0.15, 0.2) is 170 Å². The first-order valence-corrected chi connectivity index (χ1v) is 26.3. The van der Waals surface area contributed by atoms with Gasteiger partial charge < -0.3 is 14.2 Å². The molecule has 1 unspecified atom stereocenters. The van der Waals surface area contributed by atoms with Crippen molar-refractivity contribution in [1.82, 2.24) is 0 Å². The second kappa shape index (κ2) is 54.4. The van der Waals surface area contributed by atoms with Crippen LogP contribution in [0.3, 0.4) is 0 Å². The lowest BCUT2D eigenvalue weighted by Crippen LogP contribution is -2.30. The number of rotatable bonds is 44. The molecule has 0 saturated heterocycles. The zero-order chi connectivity index (χ0) is 49.3. The van der Waals surface area contributed by atoms with Crippen LogP contribution in [0, 0.1) is 0 Å². The minimum absolute atomic E-state index is 0.126. The average Bonchev–Trinajstić information content (AvgIpc) is 3.34. The lowest BCUT2D eigenvalue weighted by atomic mass is 10.1. The summed E-state index contributed by atoms with van der Waals surface area (Å²) in [5.41, 5.74) is 0.